The van der Waals surface area contributed by atoms with Crippen molar-refractivity contribution in [1.82, 2.24) is 10.2 Å². The molecule has 0 amide bonds. The molecule has 25 heavy (non-hydrogen) atoms. The zero-order valence-corrected chi connectivity index (χ0v) is 14.5. The van der Waals surface area contributed by atoms with Gasteiger partial charge in [0, 0.05) is 32.2 Å². The summed E-state index contributed by atoms with van der Waals surface area (Å²) in [6.45, 7) is 4.31. The van der Waals surface area contributed by atoms with Crippen LogP contribution in [0.2, 0.25) is 0 Å². The number of halogens is 7. The van der Waals surface area contributed by atoms with E-state index in [1.807, 2.05) is 11.8 Å². The van der Waals surface area contributed by atoms with Crippen molar-refractivity contribution >= 4 is 12.4 Å². The number of nitrogens with zero attached hydrogens (tertiary/aromatic N) is 1. The lowest BCUT2D eigenvalue weighted by atomic mass is 9.93. The van der Waals surface area contributed by atoms with Crippen LogP contribution in [0.15, 0.2) is 18.2 Å². The molecule has 0 aliphatic carbocycles. The van der Waals surface area contributed by atoms with Crippen molar-refractivity contribution in [3.05, 3.63) is 34.9 Å². The van der Waals surface area contributed by atoms with Gasteiger partial charge in [-0.15, -0.1) is 12.4 Å². The van der Waals surface area contributed by atoms with Crippen LogP contribution in [0.5, 0.6) is 0 Å². The average Bonchev–Trinajstić information content (AvgIpc) is 2.51. The molecule has 1 atom stereocenters. The maximum absolute atomic E-state index is 13.4. The van der Waals surface area contributed by atoms with E-state index in [2.05, 4.69) is 5.32 Å². The van der Waals surface area contributed by atoms with Gasteiger partial charge in [-0.2, -0.15) is 26.3 Å². The highest BCUT2D eigenvalue weighted by atomic mass is 35.5. The van der Waals surface area contributed by atoms with Crippen LogP contribution in [-0.2, 0) is 12.4 Å². The number of piperazine rings is 1. The number of rotatable bonds is 4. The Morgan fingerprint density at radius 3 is 2.12 bits per heavy atom. The Morgan fingerprint density at radius 2 is 1.64 bits per heavy atom. The summed E-state index contributed by atoms with van der Waals surface area (Å²) in [4.78, 5) is 1.91. The van der Waals surface area contributed by atoms with Gasteiger partial charge in [0.1, 0.15) is 0 Å². The third kappa shape index (κ3) is 5.49. The second-order valence-electron chi connectivity index (χ2n) is 5.89. The van der Waals surface area contributed by atoms with Gasteiger partial charge in [0.25, 0.3) is 0 Å². The summed E-state index contributed by atoms with van der Waals surface area (Å²) >= 11 is 0. The SMILES string of the molecule is CCC[C@@H](c1ccc(C(F)(F)F)cc1C(F)(F)F)N1CCNCC1.Cl. The van der Waals surface area contributed by atoms with Gasteiger partial charge in [-0.3, -0.25) is 4.90 Å². The van der Waals surface area contributed by atoms with Crippen molar-refractivity contribution in [2.45, 2.75) is 38.2 Å². The minimum absolute atomic E-state index is 0. The summed E-state index contributed by atoms with van der Waals surface area (Å²) in [7, 11) is 0. The zero-order chi connectivity index (χ0) is 18.0. The Morgan fingerprint density at radius 1 is 1.04 bits per heavy atom. The molecule has 1 N–H and O–H groups in total. The molecule has 0 spiro atoms. The number of nitrogens with one attached hydrogen (secondary N) is 1. The van der Waals surface area contributed by atoms with Gasteiger partial charge in [-0.05, 0) is 24.1 Å². The second kappa shape index (κ2) is 8.60. The van der Waals surface area contributed by atoms with Crippen LogP contribution in [0, 0.1) is 0 Å². The van der Waals surface area contributed by atoms with Crippen LogP contribution in [0.1, 0.15) is 42.5 Å². The van der Waals surface area contributed by atoms with E-state index in [-0.39, 0.29) is 24.0 Å². The summed E-state index contributed by atoms with van der Waals surface area (Å²) in [5.74, 6) is 0. The van der Waals surface area contributed by atoms with Crippen LogP contribution in [0.25, 0.3) is 0 Å². The van der Waals surface area contributed by atoms with Gasteiger partial charge in [-0.25, -0.2) is 0 Å². The molecule has 2 rings (SSSR count). The smallest absolute Gasteiger partial charge is 0.314 e. The van der Waals surface area contributed by atoms with Gasteiger partial charge in [0.15, 0.2) is 0 Å². The van der Waals surface area contributed by atoms with Crippen molar-refractivity contribution in [2.24, 2.45) is 0 Å². The Kier molecular flexibility index (Phi) is 7.58. The minimum Gasteiger partial charge on any atom is -0.314 e. The molecule has 1 aliphatic rings. The minimum atomic E-state index is -4.82. The molecule has 1 fully saturated rings. The maximum Gasteiger partial charge on any atom is 0.416 e. The highest BCUT2D eigenvalue weighted by molar-refractivity contribution is 5.85. The van der Waals surface area contributed by atoms with Crippen LogP contribution >= 0.6 is 12.4 Å². The normalized spacial score (nSPS) is 17.9. The van der Waals surface area contributed by atoms with Gasteiger partial charge in [-0.1, -0.05) is 19.4 Å². The molecule has 9 heteroatoms. The molecule has 0 radical (unpaired) electrons. The molecule has 1 saturated heterocycles. The standard InChI is InChI=1S/C16H20F6N2.ClH/c1-2-3-14(24-8-6-23-7-9-24)12-5-4-11(15(17,18)19)10-13(12)16(20,21)22;/h4-5,10,14,23H,2-3,6-9H2,1H3;1H/t14-;/m0./s1. The topological polar surface area (TPSA) is 15.3 Å². The molecule has 0 unspecified atom stereocenters. The third-order valence-corrected chi connectivity index (χ3v) is 4.20. The zero-order valence-electron chi connectivity index (χ0n) is 13.7. The molecule has 1 heterocycles. The average molecular weight is 391 g/mol. The first-order chi connectivity index (χ1) is 11.1. The largest absolute Gasteiger partial charge is 0.416 e. The van der Waals surface area contributed by atoms with Crippen LogP contribution < -0.4 is 5.32 Å². The van der Waals surface area contributed by atoms with E-state index < -0.39 is 29.5 Å². The van der Waals surface area contributed by atoms with Crippen LogP contribution in [0.4, 0.5) is 26.3 Å². The summed E-state index contributed by atoms with van der Waals surface area (Å²) < 4.78 is 78.6. The molecule has 144 valence electrons. The Labute approximate surface area is 149 Å². The molecule has 1 aromatic carbocycles. The first-order valence-electron chi connectivity index (χ1n) is 7.87. The monoisotopic (exact) mass is 390 g/mol. The molecule has 2 nitrogen and oxygen atoms in total. The molecule has 0 bridgehead atoms. The van der Waals surface area contributed by atoms with Crippen molar-refractivity contribution < 1.29 is 26.3 Å². The lowest BCUT2D eigenvalue weighted by Crippen LogP contribution is -2.45. The van der Waals surface area contributed by atoms with Crippen molar-refractivity contribution in [3.63, 3.8) is 0 Å². The van der Waals surface area contributed by atoms with Crippen molar-refractivity contribution in [1.29, 1.82) is 0 Å². The molecule has 0 saturated carbocycles. The Balaban J connectivity index is 0.00000312. The van der Waals surface area contributed by atoms with E-state index >= 15 is 0 Å². The summed E-state index contributed by atoms with van der Waals surface area (Å²) in [5, 5.41) is 3.12. The maximum atomic E-state index is 13.4. The third-order valence-electron chi connectivity index (χ3n) is 4.20. The fourth-order valence-electron chi connectivity index (χ4n) is 3.07. The quantitative estimate of drug-likeness (QED) is 0.736. The number of hydrogen-bond acceptors (Lipinski definition) is 2. The number of alkyl halides is 6. The molecular formula is C16H21ClF6N2. The molecular weight excluding hydrogens is 370 g/mol. The van der Waals surface area contributed by atoms with Gasteiger partial charge in [0.05, 0.1) is 11.1 Å². The predicted octanol–water partition coefficient (Wildman–Crippen LogP) is 4.89. The lowest BCUT2D eigenvalue weighted by Gasteiger charge is -2.36. The molecule has 1 aromatic rings. The summed E-state index contributed by atoms with van der Waals surface area (Å²) in [6, 6.07) is 1.44. The highest BCUT2D eigenvalue weighted by Crippen LogP contribution is 2.41. The predicted molar refractivity (Wildman–Crippen MR) is 85.8 cm³/mol. The number of hydrogen-bond donors (Lipinski definition) is 1. The van der Waals surface area contributed by atoms with E-state index in [1.165, 1.54) is 0 Å². The van der Waals surface area contributed by atoms with E-state index in [0.29, 0.717) is 39.0 Å². The number of benzene rings is 1. The van der Waals surface area contributed by atoms with E-state index in [0.717, 1.165) is 12.1 Å². The molecule has 0 aromatic heterocycles. The van der Waals surface area contributed by atoms with E-state index in [4.69, 9.17) is 0 Å². The second-order valence-corrected chi connectivity index (χ2v) is 5.89. The fourth-order valence-corrected chi connectivity index (χ4v) is 3.07. The van der Waals surface area contributed by atoms with Gasteiger partial charge < -0.3 is 5.32 Å². The van der Waals surface area contributed by atoms with E-state index in [1.54, 1.807) is 0 Å². The summed E-state index contributed by atoms with van der Waals surface area (Å²) in [6.07, 6.45) is -8.51. The summed E-state index contributed by atoms with van der Waals surface area (Å²) in [5.41, 5.74) is -2.53. The lowest BCUT2D eigenvalue weighted by molar-refractivity contribution is -0.143. The fraction of sp³-hybridized carbons (Fsp3) is 0.625. The van der Waals surface area contributed by atoms with Crippen LogP contribution in [-0.4, -0.2) is 31.1 Å². The highest BCUT2D eigenvalue weighted by Gasteiger charge is 2.40. The first-order valence-corrected chi connectivity index (χ1v) is 7.87. The molecule has 1 aliphatic heterocycles. The van der Waals surface area contributed by atoms with Crippen molar-refractivity contribution in [2.75, 3.05) is 26.2 Å². The van der Waals surface area contributed by atoms with Gasteiger partial charge in [0.2, 0.25) is 0 Å². The van der Waals surface area contributed by atoms with Crippen LogP contribution in [0.3, 0.4) is 0 Å². The van der Waals surface area contributed by atoms with E-state index in [9.17, 15) is 26.3 Å². The van der Waals surface area contributed by atoms with Crippen molar-refractivity contribution in [3.8, 4) is 0 Å². The first kappa shape index (κ1) is 22.1. The Bertz CT molecular complexity index is 553. The Hall–Kier alpha value is -0.990. The van der Waals surface area contributed by atoms with Gasteiger partial charge >= 0.3 is 12.4 Å².